The van der Waals surface area contributed by atoms with E-state index < -0.39 is 5.91 Å². The third-order valence-corrected chi connectivity index (χ3v) is 3.00. The molecule has 0 unspecified atom stereocenters. The smallest absolute Gasteiger partial charge is 0.248 e. The molecule has 0 bridgehead atoms. The largest absolute Gasteiger partial charge is 0.489 e. The average molecular weight is 276 g/mol. The molecule has 2 rings (SSSR count). The van der Waals surface area contributed by atoms with Crippen molar-refractivity contribution in [1.29, 1.82) is 0 Å². The predicted molar refractivity (Wildman–Crippen MR) is 75.5 cm³/mol. The molecule has 98 valence electrons. The van der Waals surface area contributed by atoms with Gasteiger partial charge in [0, 0.05) is 10.6 Å². The van der Waals surface area contributed by atoms with Crippen LogP contribution >= 0.6 is 11.6 Å². The lowest BCUT2D eigenvalue weighted by Gasteiger charge is -2.09. The summed E-state index contributed by atoms with van der Waals surface area (Å²) in [6.45, 7) is 2.37. The van der Waals surface area contributed by atoms with Gasteiger partial charge in [0.1, 0.15) is 12.4 Å². The zero-order valence-electron chi connectivity index (χ0n) is 10.5. The number of carbonyl (C=O) groups is 1. The second kappa shape index (κ2) is 5.76. The summed E-state index contributed by atoms with van der Waals surface area (Å²) in [5.41, 5.74) is 7.63. The van der Waals surface area contributed by atoms with Crippen molar-refractivity contribution >= 4 is 17.5 Å². The molecule has 0 aliphatic rings. The number of aryl methyl sites for hydroxylation is 1. The van der Waals surface area contributed by atoms with E-state index in [0.29, 0.717) is 17.2 Å². The second-order valence-corrected chi connectivity index (χ2v) is 4.70. The molecule has 0 saturated heterocycles. The summed E-state index contributed by atoms with van der Waals surface area (Å²) in [5, 5.41) is 0.690. The molecule has 2 aromatic rings. The molecule has 0 heterocycles. The number of hydrogen-bond acceptors (Lipinski definition) is 2. The number of nitrogens with two attached hydrogens (primary N) is 1. The molecule has 19 heavy (non-hydrogen) atoms. The molecule has 4 heteroatoms. The van der Waals surface area contributed by atoms with E-state index in [1.165, 1.54) is 0 Å². The SMILES string of the molecule is Cc1cc(Cl)ccc1OCc1ccc(C(N)=O)cc1. The lowest BCUT2D eigenvalue weighted by Crippen LogP contribution is -2.10. The van der Waals surface area contributed by atoms with Crippen LogP contribution in [0.25, 0.3) is 0 Å². The molecule has 2 N–H and O–H groups in total. The van der Waals surface area contributed by atoms with Crippen molar-refractivity contribution in [3.63, 3.8) is 0 Å². The van der Waals surface area contributed by atoms with E-state index in [-0.39, 0.29) is 0 Å². The number of rotatable bonds is 4. The maximum Gasteiger partial charge on any atom is 0.248 e. The minimum Gasteiger partial charge on any atom is -0.489 e. The zero-order valence-corrected chi connectivity index (χ0v) is 11.3. The molecule has 1 amide bonds. The van der Waals surface area contributed by atoms with Crippen molar-refractivity contribution in [1.82, 2.24) is 0 Å². The Labute approximate surface area is 117 Å². The molecular formula is C15H14ClNO2. The molecule has 2 aromatic carbocycles. The van der Waals surface area contributed by atoms with E-state index in [1.807, 2.05) is 31.2 Å². The maximum atomic E-state index is 10.9. The normalized spacial score (nSPS) is 10.2. The fourth-order valence-corrected chi connectivity index (χ4v) is 1.93. The Balaban J connectivity index is 2.04. The lowest BCUT2D eigenvalue weighted by molar-refractivity contribution is 0.1000. The van der Waals surface area contributed by atoms with Gasteiger partial charge in [0.25, 0.3) is 0 Å². The van der Waals surface area contributed by atoms with Crippen LogP contribution in [0.15, 0.2) is 42.5 Å². The van der Waals surface area contributed by atoms with Crippen LogP contribution in [0.1, 0.15) is 21.5 Å². The Bertz CT molecular complexity index is 594. The van der Waals surface area contributed by atoms with Crippen molar-refractivity contribution in [3.05, 3.63) is 64.2 Å². The van der Waals surface area contributed by atoms with E-state index in [4.69, 9.17) is 22.1 Å². The summed E-state index contributed by atoms with van der Waals surface area (Å²) in [6.07, 6.45) is 0. The highest BCUT2D eigenvalue weighted by Gasteiger charge is 2.03. The summed E-state index contributed by atoms with van der Waals surface area (Å²) < 4.78 is 5.70. The van der Waals surface area contributed by atoms with Crippen molar-refractivity contribution in [2.24, 2.45) is 5.73 Å². The van der Waals surface area contributed by atoms with Crippen molar-refractivity contribution < 1.29 is 9.53 Å². The van der Waals surface area contributed by atoms with Crippen LogP contribution in [-0.2, 0) is 6.61 Å². The van der Waals surface area contributed by atoms with Crippen LogP contribution in [0.2, 0.25) is 5.02 Å². The summed E-state index contributed by atoms with van der Waals surface area (Å²) in [7, 11) is 0. The van der Waals surface area contributed by atoms with E-state index in [1.54, 1.807) is 18.2 Å². The first-order valence-corrected chi connectivity index (χ1v) is 6.22. The van der Waals surface area contributed by atoms with Crippen molar-refractivity contribution in [2.75, 3.05) is 0 Å². The number of hydrogen-bond donors (Lipinski definition) is 1. The van der Waals surface area contributed by atoms with Gasteiger partial charge in [-0.25, -0.2) is 0 Å². The van der Waals surface area contributed by atoms with Gasteiger partial charge in [-0.2, -0.15) is 0 Å². The summed E-state index contributed by atoms with van der Waals surface area (Å²) in [4.78, 5) is 10.9. The molecule has 0 fully saturated rings. The minimum atomic E-state index is -0.430. The van der Waals surface area contributed by atoms with Gasteiger partial charge in [-0.1, -0.05) is 23.7 Å². The summed E-state index contributed by atoms with van der Waals surface area (Å²) in [5.74, 6) is 0.365. The minimum absolute atomic E-state index is 0.430. The number of ether oxygens (including phenoxy) is 1. The van der Waals surface area contributed by atoms with Crippen molar-refractivity contribution in [2.45, 2.75) is 13.5 Å². The maximum absolute atomic E-state index is 10.9. The molecule has 3 nitrogen and oxygen atoms in total. The third-order valence-electron chi connectivity index (χ3n) is 2.77. The third kappa shape index (κ3) is 3.48. The van der Waals surface area contributed by atoms with Gasteiger partial charge in [0.15, 0.2) is 0 Å². The number of amides is 1. The molecule has 0 aliphatic heterocycles. The Morgan fingerprint density at radius 1 is 1.21 bits per heavy atom. The summed E-state index contributed by atoms with van der Waals surface area (Å²) >= 11 is 5.88. The Morgan fingerprint density at radius 3 is 2.47 bits per heavy atom. The van der Waals surface area contributed by atoms with Gasteiger partial charge in [-0.3, -0.25) is 4.79 Å². The number of primary amides is 1. The highest BCUT2D eigenvalue weighted by Crippen LogP contribution is 2.22. The number of carbonyl (C=O) groups excluding carboxylic acids is 1. The fourth-order valence-electron chi connectivity index (χ4n) is 1.70. The van der Waals surface area contributed by atoms with Gasteiger partial charge < -0.3 is 10.5 Å². The summed E-state index contributed by atoms with van der Waals surface area (Å²) in [6, 6.07) is 12.5. The number of benzene rings is 2. The second-order valence-electron chi connectivity index (χ2n) is 4.26. The number of halogens is 1. The van der Waals surface area contributed by atoms with E-state index >= 15 is 0 Å². The highest BCUT2D eigenvalue weighted by atomic mass is 35.5. The molecule has 0 saturated carbocycles. The molecule has 0 radical (unpaired) electrons. The van der Waals surface area contributed by atoms with Crippen molar-refractivity contribution in [3.8, 4) is 5.75 Å². The van der Waals surface area contributed by atoms with Gasteiger partial charge in [-0.05, 0) is 48.4 Å². The predicted octanol–water partition coefficient (Wildman–Crippen LogP) is 3.33. The van der Waals surface area contributed by atoms with Crippen LogP contribution in [0, 0.1) is 6.92 Å². The Hall–Kier alpha value is -2.00. The highest BCUT2D eigenvalue weighted by molar-refractivity contribution is 6.30. The zero-order chi connectivity index (χ0) is 13.8. The van der Waals surface area contributed by atoms with E-state index in [9.17, 15) is 4.79 Å². The van der Waals surface area contributed by atoms with Gasteiger partial charge >= 0.3 is 0 Å². The van der Waals surface area contributed by atoms with Crippen LogP contribution in [-0.4, -0.2) is 5.91 Å². The van der Waals surface area contributed by atoms with Gasteiger partial charge in [0.05, 0.1) is 0 Å². The van der Waals surface area contributed by atoms with Crippen LogP contribution < -0.4 is 10.5 Å². The molecule has 0 spiro atoms. The standard InChI is InChI=1S/C15H14ClNO2/c1-10-8-13(16)6-7-14(10)19-9-11-2-4-12(5-3-11)15(17)18/h2-8H,9H2,1H3,(H2,17,18). The molecule has 0 aliphatic carbocycles. The van der Waals surface area contributed by atoms with E-state index in [0.717, 1.165) is 16.9 Å². The van der Waals surface area contributed by atoms with E-state index in [2.05, 4.69) is 0 Å². The Morgan fingerprint density at radius 2 is 1.89 bits per heavy atom. The molecular weight excluding hydrogens is 262 g/mol. The average Bonchev–Trinajstić information content (AvgIpc) is 2.38. The topological polar surface area (TPSA) is 52.3 Å². The van der Waals surface area contributed by atoms with Crippen LogP contribution in [0.4, 0.5) is 0 Å². The first-order chi connectivity index (χ1) is 9.06. The molecule has 0 atom stereocenters. The monoisotopic (exact) mass is 275 g/mol. The lowest BCUT2D eigenvalue weighted by atomic mass is 10.1. The fraction of sp³-hybridized carbons (Fsp3) is 0.133. The van der Waals surface area contributed by atoms with Crippen LogP contribution in [0.3, 0.4) is 0 Å². The first kappa shape index (κ1) is 13.4. The van der Waals surface area contributed by atoms with Gasteiger partial charge in [0.2, 0.25) is 5.91 Å². The Kier molecular flexibility index (Phi) is 4.07. The first-order valence-electron chi connectivity index (χ1n) is 5.84. The van der Waals surface area contributed by atoms with Crippen LogP contribution in [0.5, 0.6) is 5.75 Å². The van der Waals surface area contributed by atoms with Gasteiger partial charge in [-0.15, -0.1) is 0 Å². The molecule has 0 aromatic heterocycles. The quantitative estimate of drug-likeness (QED) is 0.930.